The van der Waals surface area contributed by atoms with Crippen molar-refractivity contribution >= 4 is 24.2 Å². The third kappa shape index (κ3) is 5.15. The molecule has 2 amide bonds. The van der Waals surface area contributed by atoms with Crippen LogP contribution in [0.2, 0.25) is 0 Å². The summed E-state index contributed by atoms with van der Waals surface area (Å²) in [7, 11) is 0. The molecule has 0 aromatic heterocycles. The Balaban J connectivity index is 0.00000220. The number of amides is 2. The van der Waals surface area contributed by atoms with E-state index < -0.39 is 0 Å². The number of rotatable bonds is 4. The van der Waals surface area contributed by atoms with Gasteiger partial charge < -0.3 is 16.0 Å². The molecule has 0 spiro atoms. The minimum absolute atomic E-state index is 0. The summed E-state index contributed by atoms with van der Waals surface area (Å²) in [5, 5.41) is 3.09. The van der Waals surface area contributed by atoms with Gasteiger partial charge in [-0.15, -0.1) is 12.4 Å². The van der Waals surface area contributed by atoms with Gasteiger partial charge in [0.2, 0.25) is 11.8 Å². The Kier molecular flexibility index (Phi) is 7.46. The molecule has 1 aliphatic carbocycles. The predicted molar refractivity (Wildman–Crippen MR) is 85.3 cm³/mol. The third-order valence-electron chi connectivity index (χ3n) is 4.61. The molecule has 0 aromatic carbocycles. The second kappa shape index (κ2) is 8.59. The molecular weight excluding hydrogens is 290 g/mol. The molecule has 2 fully saturated rings. The molecule has 0 radical (unpaired) electrons. The highest BCUT2D eigenvalue weighted by Crippen LogP contribution is 2.28. The summed E-state index contributed by atoms with van der Waals surface area (Å²) in [4.78, 5) is 25.9. The summed E-state index contributed by atoms with van der Waals surface area (Å²) < 4.78 is 0. The maximum Gasteiger partial charge on any atom is 0.240 e. The molecule has 21 heavy (non-hydrogen) atoms. The van der Waals surface area contributed by atoms with E-state index in [0.717, 1.165) is 51.4 Å². The first-order chi connectivity index (χ1) is 9.65. The zero-order chi connectivity index (χ0) is 14.4. The number of carbonyl (C=O) groups excluding carboxylic acids is 2. The molecule has 1 saturated carbocycles. The van der Waals surface area contributed by atoms with Gasteiger partial charge in [0.05, 0.1) is 12.1 Å². The SMILES string of the molecule is Cl.NCC1(NC(=O)CN2CCCCCCC2=O)CCCC1. The number of likely N-dealkylation sites (tertiary alicyclic amines) is 1. The Morgan fingerprint density at radius 2 is 1.81 bits per heavy atom. The Labute approximate surface area is 133 Å². The van der Waals surface area contributed by atoms with Crippen molar-refractivity contribution in [1.82, 2.24) is 10.2 Å². The zero-order valence-corrected chi connectivity index (χ0v) is 13.6. The molecule has 1 aliphatic heterocycles. The average Bonchev–Trinajstić information content (AvgIpc) is 2.87. The van der Waals surface area contributed by atoms with E-state index in [1.165, 1.54) is 0 Å². The summed E-state index contributed by atoms with van der Waals surface area (Å²) in [6.07, 6.45) is 8.98. The van der Waals surface area contributed by atoms with Crippen molar-refractivity contribution in [3.05, 3.63) is 0 Å². The summed E-state index contributed by atoms with van der Waals surface area (Å²) >= 11 is 0. The minimum atomic E-state index is -0.219. The Morgan fingerprint density at radius 3 is 2.48 bits per heavy atom. The van der Waals surface area contributed by atoms with Crippen LogP contribution in [-0.4, -0.2) is 41.9 Å². The van der Waals surface area contributed by atoms with Crippen LogP contribution in [0.3, 0.4) is 0 Å². The lowest BCUT2D eigenvalue weighted by atomic mass is 9.98. The molecule has 0 aromatic rings. The van der Waals surface area contributed by atoms with Crippen LogP contribution in [0.4, 0.5) is 0 Å². The molecule has 0 unspecified atom stereocenters. The van der Waals surface area contributed by atoms with Gasteiger partial charge in [-0.05, 0) is 25.7 Å². The van der Waals surface area contributed by atoms with Crippen molar-refractivity contribution in [2.75, 3.05) is 19.6 Å². The highest BCUT2D eigenvalue weighted by Gasteiger charge is 2.34. The molecule has 2 aliphatic rings. The monoisotopic (exact) mass is 317 g/mol. The molecule has 1 saturated heterocycles. The fourth-order valence-electron chi connectivity index (χ4n) is 3.32. The average molecular weight is 318 g/mol. The van der Waals surface area contributed by atoms with Crippen LogP contribution in [0.5, 0.6) is 0 Å². The van der Waals surface area contributed by atoms with E-state index in [2.05, 4.69) is 5.32 Å². The van der Waals surface area contributed by atoms with E-state index in [0.29, 0.717) is 19.5 Å². The largest absolute Gasteiger partial charge is 0.348 e. The third-order valence-corrected chi connectivity index (χ3v) is 4.61. The number of halogens is 1. The number of nitrogens with two attached hydrogens (primary N) is 1. The number of hydrogen-bond donors (Lipinski definition) is 2. The van der Waals surface area contributed by atoms with Crippen LogP contribution >= 0.6 is 12.4 Å². The van der Waals surface area contributed by atoms with Gasteiger partial charge in [-0.2, -0.15) is 0 Å². The van der Waals surface area contributed by atoms with Gasteiger partial charge in [-0.3, -0.25) is 9.59 Å². The Morgan fingerprint density at radius 1 is 1.14 bits per heavy atom. The van der Waals surface area contributed by atoms with Gasteiger partial charge in [-0.1, -0.05) is 25.7 Å². The first-order valence-corrected chi connectivity index (χ1v) is 7.94. The maximum atomic E-state index is 12.2. The Bertz CT molecular complexity index is 357. The van der Waals surface area contributed by atoms with Gasteiger partial charge in [0, 0.05) is 19.5 Å². The molecule has 0 atom stereocenters. The van der Waals surface area contributed by atoms with Crippen LogP contribution < -0.4 is 11.1 Å². The number of carbonyl (C=O) groups is 2. The second-order valence-electron chi connectivity index (χ2n) is 6.22. The standard InChI is InChI=1S/C15H27N3O2.ClH/c16-12-15(8-4-5-9-15)17-13(19)11-18-10-6-2-1-3-7-14(18)20;/h1-12,16H2,(H,17,19);1H. The first kappa shape index (κ1) is 18.2. The van der Waals surface area contributed by atoms with Crippen molar-refractivity contribution in [2.45, 2.75) is 63.3 Å². The highest BCUT2D eigenvalue weighted by molar-refractivity contribution is 5.85. The summed E-state index contributed by atoms with van der Waals surface area (Å²) in [6, 6.07) is 0. The number of nitrogens with one attached hydrogen (secondary N) is 1. The molecule has 122 valence electrons. The number of hydrogen-bond acceptors (Lipinski definition) is 3. The van der Waals surface area contributed by atoms with E-state index in [9.17, 15) is 9.59 Å². The molecule has 3 N–H and O–H groups in total. The zero-order valence-electron chi connectivity index (χ0n) is 12.7. The lowest BCUT2D eigenvalue weighted by molar-refractivity contribution is -0.137. The molecule has 1 heterocycles. The van der Waals surface area contributed by atoms with Gasteiger partial charge in [0.1, 0.15) is 0 Å². The molecule has 0 bridgehead atoms. The first-order valence-electron chi connectivity index (χ1n) is 7.94. The van der Waals surface area contributed by atoms with Crippen molar-refractivity contribution in [3.8, 4) is 0 Å². The van der Waals surface area contributed by atoms with E-state index in [4.69, 9.17) is 5.73 Å². The molecule has 5 nitrogen and oxygen atoms in total. The fourth-order valence-corrected chi connectivity index (χ4v) is 3.32. The number of nitrogens with zero attached hydrogens (tertiary/aromatic N) is 1. The van der Waals surface area contributed by atoms with Crippen molar-refractivity contribution in [3.63, 3.8) is 0 Å². The lowest BCUT2D eigenvalue weighted by Crippen LogP contribution is -2.54. The van der Waals surface area contributed by atoms with Gasteiger partial charge in [0.25, 0.3) is 0 Å². The quantitative estimate of drug-likeness (QED) is 0.826. The van der Waals surface area contributed by atoms with Crippen molar-refractivity contribution in [2.24, 2.45) is 5.73 Å². The van der Waals surface area contributed by atoms with E-state index in [-0.39, 0.29) is 36.3 Å². The summed E-state index contributed by atoms with van der Waals surface area (Å²) in [5.41, 5.74) is 5.61. The second-order valence-corrected chi connectivity index (χ2v) is 6.22. The maximum absolute atomic E-state index is 12.2. The van der Waals surface area contributed by atoms with Crippen LogP contribution in [0.1, 0.15) is 57.8 Å². The molecule has 2 rings (SSSR count). The van der Waals surface area contributed by atoms with Gasteiger partial charge in [-0.25, -0.2) is 0 Å². The Hall–Kier alpha value is -0.810. The van der Waals surface area contributed by atoms with Gasteiger partial charge in [0.15, 0.2) is 0 Å². The van der Waals surface area contributed by atoms with E-state index in [1.54, 1.807) is 4.90 Å². The van der Waals surface area contributed by atoms with Crippen LogP contribution in [-0.2, 0) is 9.59 Å². The summed E-state index contributed by atoms with van der Waals surface area (Å²) in [6.45, 7) is 1.40. The van der Waals surface area contributed by atoms with Crippen molar-refractivity contribution in [1.29, 1.82) is 0 Å². The van der Waals surface area contributed by atoms with Crippen LogP contribution in [0.25, 0.3) is 0 Å². The predicted octanol–water partition coefficient (Wildman–Crippen LogP) is 1.59. The lowest BCUT2D eigenvalue weighted by Gasteiger charge is -2.31. The molecular formula is C15H28ClN3O2. The highest BCUT2D eigenvalue weighted by atomic mass is 35.5. The summed E-state index contributed by atoms with van der Waals surface area (Å²) in [5.74, 6) is 0.0688. The van der Waals surface area contributed by atoms with Crippen LogP contribution in [0.15, 0.2) is 0 Å². The van der Waals surface area contributed by atoms with E-state index >= 15 is 0 Å². The van der Waals surface area contributed by atoms with Crippen molar-refractivity contribution < 1.29 is 9.59 Å². The van der Waals surface area contributed by atoms with Gasteiger partial charge >= 0.3 is 0 Å². The topological polar surface area (TPSA) is 75.4 Å². The smallest absolute Gasteiger partial charge is 0.240 e. The normalized spacial score (nSPS) is 22.1. The van der Waals surface area contributed by atoms with Crippen LogP contribution in [0, 0.1) is 0 Å². The molecule has 6 heteroatoms. The van der Waals surface area contributed by atoms with E-state index in [1.807, 2.05) is 0 Å². The minimum Gasteiger partial charge on any atom is -0.348 e. The fraction of sp³-hybridized carbons (Fsp3) is 0.867.